The minimum absolute atomic E-state index is 0.0729. The van der Waals surface area contributed by atoms with E-state index in [0.717, 1.165) is 37.4 Å². The zero-order valence-electron chi connectivity index (χ0n) is 11.4. The number of aromatic nitrogens is 1. The number of nitrogens with one attached hydrogen (secondary N) is 1. The van der Waals surface area contributed by atoms with Gasteiger partial charge in [-0.3, -0.25) is 9.69 Å². The van der Waals surface area contributed by atoms with E-state index in [9.17, 15) is 4.79 Å². The van der Waals surface area contributed by atoms with Gasteiger partial charge in [-0.05, 0) is 19.3 Å². The van der Waals surface area contributed by atoms with Gasteiger partial charge in [-0.2, -0.15) is 0 Å². The lowest BCUT2D eigenvalue weighted by Crippen LogP contribution is -2.44. The standard InChI is InChI=1S/C13H22N4OS/c1-2-11-7-16-13(19-11)8-15-12(18)9-17-5-3-10(14)4-6-17/h7,10H,2-6,8-9,14H2,1H3,(H,15,18). The van der Waals surface area contributed by atoms with Crippen molar-refractivity contribution in [1.29, 1.82) is 0 Å². The molecule has 0 atom stereocenters. The van der Waals surface area contributed by atoms with Crippen molar-refractivity contribution in [2.45, 2.75) is 38.8 Å². The van der Waals surface area contributed by atoms with Gasteiger partial charge in [0.05, 0.1) is 13.1 Å². The largest absolute Gasteiger partial charge is 0.348 e. The summed E-state index contributed by atoms with van der Waals surface area (Å²) < 4.78 is 0. The third kappa shape index (κ3) is 4.56. The van der Waals surface area contributed by atoms with Crippen molar-refractivity contribution in [2.75, 3.05) is 19.6 Å². The molecule has 0 bridgehead atoms. The Morgan fingerprint density at radius 3 is 2.95 bits per heavy atom. The van der Waals surface area contributed by atoms with Crippen LogP contribution >= 0.6 is 11.3 Å². The molecular weight excluding hydrogens is 260 g/mol. The van der Waals surface area contributed by atoms with Crippen molar-refractivity contribution in [3.8, 4) is 0 Å². The molecule has 1 aliphatic rings. The fraction of sp³-hybridized carbons (Fsp3) is 0.692. The van der Waals surface area contributed by atoms with Crippen molar-refractivity contribution < 1.29 is 4.79 Å². The van der Waals surface area contributed by atoms with Gasteiger partial charge in [0.25, 0.3) is 0 Å². The van der Waals surface area contributed by atoms with Gasteiger partial charge in [0, 0.05) is 30.2 Å². The summed E-state index contributed by atoms with van der Waals surface area (Å²) in [6, 6.07) is 0.307. The van der Waals surface area contributed by atoms with Crippen LogP contribution in [0.25, 0.3) is 0 Å². The topological polar surface area (TPSA) is 71.2 Å². The van der Waals surface area contributed by atoms with E-state index in [1.165, 1.54) is 4.88 Å². The van der Waals surface area contributed by atoms with E-state index in [4.69, 9.17) is 5.73 Å². The molecule has 1 amide bonds. The molecule has 3 N–H and O–H groups in total. The van der Waals surface area contributed by atoms with Gasteiger partial charge >= 0.3 is 0 Å². The number of nitrogens with zero attached hydrogens (tertiary/aromatic N) is 2. The number of likely N-dealkylation sites (tertiary alicyclic amines) is 1. The van der Waals surface area contributed by atoms with E-state index in [0.29, 0.717) is 19.1 Å². The minimum Gasteiger partial charge on any atom is -0.348 e. The van der Waals surface area contributed by atoms with Crippen LogP contribution in [0.3, 0.4) is 0 Å². The average Bonchev–Trinajstić information content (AvgIpc) is 2.87. The maximum atomic E-state index is 11.8. The average molecular weight is 282 g/mol. The summed E-state index contributed by atoms with van der Waals surface area (Å²) in [5.41, 5.74) is 5.84. The van der Waals surface area contributed by atoms with Crippen molar-refractivity contribution in [3.63, 3.8) is 0 Å². The van der Waals surface area contributed by atoms with Gasteiger partial charge in [0.15, 0.2) is 0 Å². The lowest BCUT2D eigenvalue weighted by molar-refractivity contribution is -0.122. The van der Waals surface area contributed by atoms with Gasteiger partial charge in [-0.25, -0.2) is 4.98 Å². The Morgan fingerprint density at radius 1 is 1.58 bits per heavy atom. The molecule has 0 unspecified atom stereocenters. The van der Waals surface area contributed by atoms with Crippen LogP contribution in [0.2, 0.25) is 0 Å². The van der Waals surface area contributed by atoms with Crippen LogP contribution < -0.4 is 11.1 Å². The third-order valence-electron chi connectivity index (χ3n) is 3.39. The Balaban J connectivity index is 1.69. The Morgan fingerprint density at radius 2 is 2.32 bits per heavy atom. The smallest absolute Gasteiger partial charge is 0.234 e. The summed E-state index contributed by atoms with van der Waals surface area (Å²) in [6.45, 7) is 4.96. The van der Waals surface area contributed by atoms with Gasteiger partial charge < -0.3 is 11.1 Å². The van der Waals surface area contributed by atoms with Gasteiger partial charge in [-0.15, -0.1) is 11.3 Å². The van der Waals surface area contributed by atoms with Crippen molar-refractivity contribution in [2.24, 2.45) is 5.73 Å². The predicted octanol–water partition coefficient (Wildman–Crippen LogP) is 0.745. The van der Waals surface area contributed by atoms with E-state index < -0.39 is 0 Å². The molecule has 1 saturated heterocycles. The molecule has 0 saturated carbocycles. The number of amides is 1. The Bertz CT molecular complexity index is 413. The van der Waals surface area contributed by atoms with Gasteiger partial charge in [-0.1, -0.05) is 6.92 Å². The second-order valence-electron chi connectivity index (χ2n) is 4.96. The first-order valence-electron chi connectivity index (χ1n) is 6.85. The third-order valence-corrected chi connectivity index (χ3v) is 4.53. The normalized spacial score (nSPS) is 17.6. The molecule has 1 aliphatic heterocycles. The first kappa shape index (κ1) is 14.4. The highest BCUT2D eigenvalue weighted by Crippen LogP contribution is 2.13. The molecule has 0 aromatic carbocycles. The first-order chi connectivity index (χ1) is 9.17. The molecule has 2 heterocycles. The number of thiazole rings is 1. The molecule has 0 spiro atoms. The number of hydrogen-bond acceptors (Lipinski definition) is 5. The highest BCUT2D eigenvalue weighted by atomic mass is 32.1. The lowest BCUT2D eigenvalue weighted by atomic mass is 10.1. The summed E-state index contributed by atoms with van der Waals surface area (Å²) in [5.74, 6) is 0.0729. The summed E-state index contributed by atoms with van der Waals surface area (Å²) in [6.07, 6.45) is 4.86. The molecule has 1 aromatic rings. The molecule has 5 nitrogen and oxygen atoms in total. The zero-order valence-corrected chi connectivity index (χ0v) is 12.2. The molecular formula is C13H22N4OS. The van der Waals surface area contributed by atoms with Crippen LogP contribution in [0, 0.1) is 0 Å². The molecule has 6 heteroatoms. The molecule has 19 heavy (non-hydrogen) atoms. The summed E-state index contributed by atoms with van der Waals surface area (Å²) in [5, 5.41) is 3.91. The molecule has 0 aliphatic carbocycles. The van der Waals surface area contributed by atoms with Crippen LogP contribution in [-0.4, -0.2) is 41.5 Å². The van der Waals surface area contributed by atoms with Crippen LogP contribution in [-0.2, 0) is 17.8 Å². The lowest BCUT2D eigenvalue weighted by Gasteiger charge is -2.29. The number of carbonyl (C=O) groups is 1. The second kappa shape index (κ2) is 6.98. The fourth-order valence-corrected chi connectivity index (χ4v) is 2.94. The SMILES string of the molecule is CCc1cnc(CNC(=O)CN2CCC(N)CC2)s1. The van der Waals surface area contributed by atoms with Crippen molar-refractivity contribution in [3.05, 3.63) is 16.1 Å². The van der Waals surface area contributed by atoms with E-state index in [1.807, 2.05) is 6.20 Å². The Kier molecular flexibility index (Phi) is 5.30. The zero-order chi connectivity index (χ0) is 13.7. The van der Waals surface area contributed by atoms with E-state index >= 15 is 0 Å². The highest BCUT2D eigenvalue weighted by molar-refractivity contribution is 7.11. The Labute approximate surface area is 118 Å². The van der Waals surface area contributed by atoms with E-state index in [1.54, 1.807) is 11.3 Å². The predicted molar refractivity (Wildman–Crippen MR) is 77.0 cm³/mol. The molecule has 1 aromatic heterocycles. The van der Waals surface area contributed by atoms with Crippen LogP contribution in [0.15, 0.2) is 6.20 Å². The number of carbonyl (C=O) groups excluding carboxylic acids is 1. The summed E-state index contributed by atoms with van der Waals surface area (Å²) in [4.78, 5) is 19.5. The monoisotopic (exact) mass is 282 g/mol. The number of hydrogen-bond donors (Lipinski definition) is 2. The number of piperidine rings is 1. The molecule has 106 valence electrons. The first-order valence-corrected chi connectivity index (χ1v) is 7.67. The van der Waals surface area contributed by atoms with Crippen LogP contribution in [0.4, 0.5) is 0 Å². The fourth-order valence-electron chi connectivity index (χ4n) is 2.14. The minimum atomic E-state index is 0.0729. The number of nitrogens with two attached hydrogens (primary N) is 1. The quantitative estimate of drug-likeness (QED) is 0.836. The van der Waals surface area contributed by atoms with Crippen LogP contribution in [0.5, 0.6) is 0 Å². The van der Waals surface area contributed by atoms with Gasteiger partial charge in [0.1, 0.15) is 5.01 Å². The number of aryl methyl sites for hydroxylation is 1. The van der Waals surface area contributed by atoms with Crippen molar-refractivity contribution >= 4 is 17.2 Å². The summed E-state index contributed by atoms with van der Waals surface area (Å²) in [7, 11) is 0. The molecule has 0 radical (unpaired) electrons. The molecule has 2 rings (SSSR count). The molecule has 1 fully saturated rings. The number of rotatable bonds is 5. The van der Waals surface area contributed by atoms with Gasteiger partial charge in [0.2, 0.25) is 5.91 Å². The van der Waals surface area contributed by atoms with Crippen molar-refractivity contribution in [1.82, 2.24) is 15.2 Å². The maximum absolute atomic E-state index is 11.8. The van der Waals surface area contributed by atoms with Crippen LogP contribution in [0.1, 0.15) is 29.7 Å². The van der Waals surface area contributed by atoms with E-state index in [2.05, 4.69) is 22.1 Å². The Hall–Kier alpha value is -0.980. The maximum Gasteiger partial charge on any atom is 0.234 e. The second-order valence-corrected chi connectivity index (χ2v) is 6.16. The van der Waals surface area contributed by atoms with E-state index in [-0.39, 0.29) is 5.91 Å². The summed E-state index contributed by atoms with van der Waals surface area (Å²) >= 11 is 1.67. The highest BCUT2D eigenvalue weighted by Gasteiger charge is 2.18.